The minimum atomic E-state index is -0.568. The van der Waals surface area contributed by atoms with Crippen molar-refractivity contribution < 1.29 is 18.7 Å². The molecule has 4 rings (SSSR count). The predicted octanol–water partition coefficient (Wildman–Crippen LogP) is 4.63. The van der Waals surface area contributed by atoms with Gasteiger partial charge in [0.15, 0.2) is 5.82 Å². The quantitative estimate of drug-likeness (QED) is 0.534. The van der Waals surface area contributed by atoms with Gasteiger partial charge in [0.05, 0.1) is 25.3 Å². The largest absolute Gasteiger partial charge is 0.442 e. The van der Waals surface area contributed by atoms with Gasteiger partial charge in [-0.15, -0.1) is 5.11 Å². The number of azo groups is 1. The highest BCUT2D eigenvalue weighted by molar-refractivity contribution is 5.90. The number of hydrogen-bond acceptors (Lipinski definition) is 6. The molecule has 1 aromatic heterocycles. The molecular formula is C24H22FN5O3. The van der Waals surface area contributed by atoms with E-state index in [1.54, 1.807) is 24.4 Å². The minimum Gasteiger partial charge on any atom is -0.442 e. The molecule has 1 saturated heterocycles. The van der Waals surface area contributed by atoms with E-state index in [0.717, 1.165) is 5.56 Å². The second-order valence-electron chi connectivity index (χ2n) is 7.50. The first-order valence-electron chi connectivity index (χ1n) is 10.4. The van der Waals surface area contributed by atoms with Gasteiger partial charge in [0.2, 0.25) is 5.91 Å². The monoisotopic (exact) mass is 447 g/mol. The van der Waals surface area contributed by atoms with E-state index in [9.17, 15) is 14.0 Å². The van der Waals surface area contributed by atoms with E-state index in [-0.39, 0.29) is 19.0 Å². The van der Waals surface area contributed by atoms with Crippen LogP contribution in [0.25, 0.3) is 11.1 Å². The number of amides is 2. The second-order valence-corrected chi connectivity index (χ2v) is 7.50. The van der Waals surface area contributed by atoms with Gasteiger partial charge in [0.1, 0.15) is 11.9 Å². The normalized spacial score (nSPS) is 15.6. The van der Waals surface area contributed by atoms with Gasteiger partial charge in [-0.2, -0.15) is 5.11 Å². The highest BCUT2D eigenvalue weighted by atomic mass is 19.1. The van der Waals surface area contributed by atoms with E-state index in [4.69, 9.17) is 4.74 Å². The zero-order valence-electron chi connectivity index (χ0n) is 17.9. The Balaban J connectivity index is 1.41. The first-order valence-corrected chi connectivity index (χ1v) is 10.4. The van der Waals surface area contributed by atoms with Gasteiger partial charge in [-0.1, -0.05) is 30.3 Å². The van der Waals surface area contributed by atoms with Crippen molar-refractivity contribution in [3.63, 3.8) is 0 Å². The van der Waals surface area contributed by atoms with Crippen molar-refractivity contribution in [2.24, 2.45) is 10.2 Å². The predicted molar refractivity (Wildman–Crippen MR) is 121 cm³/mol. The van der Waals surface area contributed by atoms with E-state index in [1.807, 2.05) is 36.4 Å². The molecule has 2 heterocycles. The Bertz CT molecular complexity index is 1170. The topological polar surface area (TPSA) is 96.3 Å². The summed E-state index contributed by atoms with van der Waals surface area (Å²) in [6.45, 7) is 2.22. The number of cyclic esters (lactones) is 1. The number of pyridine rings is 1. The number of aromatic nitrogens is 1. The molecule has 33 heavy (non-hydrogen) atoms. The van der Waals surface area contributed by atoms with Crippen LogP contribution in [-0.2, 0) is 16.1 Å². The number of anilines is 1. The van der Waals surface area contributed by atoms with Crippen LogP contribution in [0.1, 0.15) is 12.5 Å². The van der Waals surface area contributed by atoms with Crippen molar-refractivity contribution >= 4 is 23.5 Å². The standard InChI is InChI=1S/C24H22FN5O3/c1-16(31)27-14-20-15-30(24(32)33-20)19-9-10-21(22(25)12-19)18-7-5-17(6-8-18)13-28-29-23-4-2-3-11-26-23/h2-12,20H,13-15H2,1H3,(H,27,31)/t20-/m0/s1. The van der Waals surface area contributed by atoms with Gasteiger partial charge >= 0.3 is 6.09 Å². The summed E-state index contributed by atoms with van der Waals surface area (Å²) in [4.78, 5) is 28.7. The van der Waals surface area contributed by atoms with Crippen LogP contribution in [0.4, 0.5) is 20.7 Å². The number of nitrogens with one attached hydrogen (secondary N) is 1. The third-order valence-electron chi connectivity index (χ3n) is 5.06. The number of carbonyl (C=O) groups excluding carboxylic acids is 2. The van der Waals surface area contributed by atoms with Gasteiger partial charge in [0, 0.05) is 18.7 Å². The first kappa shape index (κ1) is 22.1. The van der Waals surface area contributed by atoms with E-state index in [0.29, 0.717) is 29.2 Å². The summed E-state index contributed by atoms with van der Waals surface area (Å²) in [6, 6.07) is 17.4. The van der Waals surface area contributed by atoms with Crippen molar-refractivity contribution in [1.29, 1.82) is 0 Å². The highest BCUT2D eigenvalue weighted by Crippen LogP contribution is 2.29. The lowest BCUT2D eigenvalue weighted by Crippen LogP contribution is -2.33. The molecule has 0 aliphatic carbocycles. The Morgan fingerprint density at radius 3 is 2.73 bits per heavy atom. The maximum atomic E-state index is 14.9. The summed E-state index contributed by atoms with van der Waals surface area (Å²) in [7, 11) is 0. The summed E-state index contributed by atoms with van der Waals surface area (Å²) in [5.74, 6) is -0.116. The fourth-order valence-electron chi connectivity index (χ4n) is 3.39. The number of rotatable bonds is 7. The second kappa shape index (κ2) is 9.99. The van der Waals surface area contributed by atoms with Crippen LogP contribution in [-0.4, -0.2) is 36.2 Å². The van der Waals surface area contributed by atoms with Crippen LogP contribution in [0.15, 0.2) is 77.1 Å². The molecule has 2 amide bonds. The maximum absolute atomic E-state index is 14.9. The molecule has 1 aliphatic heterocycles. The van der Waals surface area contributed by atoms with Crippen molar-refractivity contribution in [1.82, 2.24) is 10.3 Å². The number of nitrogens with zero attached hydrogens (tertiary/aromatic N) is 4. The van der Waals surface area contributed by atoms with Gasteiger partial charge in [0.25, 0.3) is 0 Å². The van der Waals surface area contributed by atoms with Crippen molar-refractivity contribution in [2.75, 3.05) is 18.0 Å². The Labute approximate surface area is 190 Å². The molecule has 0 radical (unpaired) electrons. The van der Waals surface area contributed by atoms with Gasteiger partial charge in [-0.05, 0) is 41.5 Å². The Hall–Kier alpha value is -4.14. The van der Waals surface area contributed by atoms with Crippen molar-refractivity contribution in [2.45, 2.75) is 19.6 Å². The fraction of sp³-hybridized carbons (Fsp3) is 0.208. The lowest BCUT2D eigenvalue weighted by atomic mass is 10.0. The summed E-state index contributed by atoms with van der Waals surface area (Å²) >= 11 is 0. The third kappa shape index (κ3) is 5.57. The third-order valence-corrected chi connectivity index (χ3v) is 5.06. The van der Waals surface area contributed by atoms with E-state index in [1.165, 1.54) is 17.9 Å². The van der Waals surface area contributed by atoms with Crippen LogP contribution in [0.2, 0.25) is 0 Å². The van der Waals surface area contributed by atoms with Crippen molar-refractivity contribution in [3.8, 4) is 11.1 Å². The lowest BCUT2D eigenvalue weighted by Gasteiger charge is -2.14. The van der Waals surface area contributed by atoms with Crippen LogP contribution in [0, 0.1) is 5.82 Å². The molecule has 3 aromatic rings. The van der Waals surface area contributed by atoms with E-state index in [2.05, 4.69) is 20.5 Å². The average molecular weight is 447 g/mol. The molecule has 1 N–H and O–H groups in total. The molecule has 0 unspecified atom stereocenters. The van der Waals surface area contributed by atoms with Crippen molar-refractivity contribution in [3.05, 3.63) is 78.2 Å². The van der Waals surface area contributed by atoms with Gasteiger partial charge in [-0.25, -0.2) is 14.2 Å². The number of carbonyl (C=O) groups is 2. The zero-order chi connectivity index (χ0) is 23.2. The zero-order valence-corrected chi connectivity index (χ0v) is 17.9. The molecule has 0 bridgehead atoms. The van der Waals surface area contributed by atoms with Crippen LogP contribution < -0.4 is 10.2 Å². The molecule has 0 saturated carbocycles. The molecule has 2 aromatic carbocycles. The molecule has 1 aliphatic rings. The molecule has 0 spiro atoms. The Kier molecular flexibility index (Phi) is 6.68. The fourth-order valence-corrected chi connectivity index (χ4v) is 3.39. The molecule has 1 fully saturated rings. The summed E-state index contributed by atoms with van der Waals surface area (Å²) in [5, 5.41) is 10.8. The lowest BCUT2D eigenvalue weighted by molar-refractivity contribution is -0.119. The molecule has 9 heteroatoms. The van der Waals surface area contributed by atoms with Gasteiger partial charge < -0.3 is 10.1 Å². The maximum Gasteiger partial charge on any atom is 0.414 e. The first-order chi connectivity index (χ1) is 16.0. The minimum absolute atomic E-state index is 0.206. The number of ether oxygens (including phenoxy) is 1. The number of hydrogen-bond donors (Lipinski definition) is 1. The van der Waals surface area contributed by atoms with Crippen LogP contribution in [0.5, 0.6) is 0 Å². The molecule has 8 nitrogen and oxygen atoms in total. The van der Waals surface area contributed by atoms with E-state index < -0.39 is 18.0 Å². The molecular weight excluding hydrogens is 425 g/mol. The highest BCUT2D eigenvalue weighted by Gasteiger charge is 2.32. The molecule has 1 atom stereocenters. The average Bonchev–Trinajstić information content (AvgIpc) is 3.19. The SMILES string of the molecule is CC(=O)NC[C@H]1CN(c2ccc(-c3ccc(CN=Nc4ccccn4)cc3)c(F)c2)C(=O)O1. The Morgan fingerprint density at radius 1 is 1.21 bits per heavy atom. The Morgan fingerprint density at radius 2 is 2.03 bits per heavy atom. The smallest absolute Gasteiger partial charge is 0.414 e. The summed E-state index contributed by atoms with van der Waals surface area (Å²) < 4.78 is 20.1. The van der Waals surface area contributed by atoms with Gasteiger partial charge in [-0.3, -0.25) is 9.69 Å². The summed E-state index contributed by atoms with van der Waals surface area (Å²) in [6.07, 6.45) is 0.605. The molecule has 168 valence electrons. The number of benzene rings is 2. The van der Waals surface area contributed by atoms with Crippen LogP contribution in [0.3, 0.4) is 0 Å². The number of halogens is 1. The summed E-state index contributed by atoms with van der Waals surface area (Å²) in [5.41, 5.74) is 2.46. The van der Waals surface area contributed by atoms with Crippen LogP contribution >= 0.6 is 0 Å². The van der Waals surface area contributed by atoms with E-state index >= 15 is 0 Å².